The van der Waals surface area contributed by atoms with Crippen LogP contribution in [-0.2, 0) is 6.42 Å². The van der Waals surface area contributed by atoms with Crippen molar-refractivity contribution >= 4 is 60.3 Å². The van der Waals surface area contributed by atoms with E-state index in [9.17, 15) is 35.7 Å². The lowest BCUT2D eigenvalue weighted by atomic mass is 9.83. The number of hydrogen-bond acceptors (Lipinski definition) is 8. The van der Waals surface area contributed by atoms with E-state index in [1.165, 1.54) is 5.56 Å². The largest absolute Gasteiger partial charge is 0.504 e. The fraction of sp³-hybridized carbons (Fsp3) is 0.0500. The predicted molar refractivity (Wildman–Crippen MR) is 186 cm³/mol. The van der Waals surface area contributed by atoms with Crippen LogP contribution in [0.5, 0.6) is 40.2 Å². The maximum absolute atomic E-state index is 11.4. The van der Waals surface area contributed by atoms with Crippen LogP contribution in [0.3, 0.4) is 0 Å². The molecule has 0 saturated heterocycles. The van der Waals surface area contributed by atoms with Crippen molar-refractivity contribution in [1.29, 1.82) is 0 Å². The molecule has 8 aromatic rings. The first-order chi connectivity index (χ1) is 23.3. The molecule has 8 nitrogen and oxygen atoms in total. The molecule has 1 aliphatic rings. The molecule has 0 saturated carbocycles. The Morgan fingerprint density at radius 3 is 1.69 bits per heavy atom. The molecule has 0 radical (unpaired) electrons. The highest BCUT2D eigenvalue weighted by Crippen LogP contribution is 2.61. The van der Waals surface area contributed by atoms with Crippen molar-refractivity contribution < 1.29 is 40.2 Å². The fourth-order valence-corrected chi connectivity index (χ4v) is 7.49. The molecule has 8 heteroatoms. The van der Waals surface area contributed by atoms with Gasteiger partial charge in [-0.15, -0.1) is 0 Å². The van der Waals surface area contributed by atoms with Gasteiger partial charge in [0.15, 0.2) is 23.0 Å². The third kappa shape index (κ3) is 3.54. The molecule has 0 aliphatic heterocycles. The number of aryl methyl sites for hydroxylation is 1. The second-order valence-corrected chi connectivity index (χ2v) is 12.2. The van der Waals surface area contributed by atoms with Crippen LogP contribution in [0.1, 0.15) is 17.5 Å². The molecular weight excluding hydrogens is 608 g/mol. The summed E-state index contributed by atoms with van der Waals surface area (Å²) in [6.45, 7) is 0. The van der Waals surface area contributed by atoms with Gasteiger partial charge in [-0.3, -0.25) is 0 Å². The summed E-state index contributed by atoms with van der Waals surface area (Å²) in [4.78, 5) is 0. The van der Waals surface area contributed by atoms with E-state index in [1.807, 2.05) is 60.7 Å². The molecule has 1 aliphatic carbocycles. The van der Waals surface area contributed by atoms with Crippen LogP contribution >= 0.6 is 0 Å². The normalized spacial score (nSPS) is 12.9. The van der Waals surface area contributed by atoms with Gasteiger partial charge in [-0.05, 0) is 63.2 Å². The van der Waals surface area contributed by atoms with Crippen molar-refractivity contribution in [2.24, 2.45) is 0 Å². The Morgan fingerprint density at radius 1 is 0.479 bits per heavy atom. The van der Waals surface area contributed by atoms with Gasteiger partial charge >= 0.3 is 0 Å². The summed E-state index contributed by atoms with van der Waals surface area (Å²) in [5, 5.41) is 79.6. The molecule has 1 aromatic heterocycles. The van der Waals surface area contributed by atoms with Crippen molar-refractivity contribution in [3.05, 3.63) is 96.1 Å². The van der Waals surface area contributed by atoms with Crippen LogP contribution < -0.4 is 0 Å². The van der Waals surface area contributed by atoms with E-state index < -0.39 is 45.6 Å². The molecule has 48 heavy (non-hydrogen) atoms. The van der Waals surface area contributed by atoms with E-state index in [4.69, 9.17) is 4.42 Å². The number of rotatable bonds is 2. The number of phenolic OH excluding ortho intramolecular Hbond substituents is 7. The standard InChI is InChI=1S/C40H26O8/c41-33-30(31-32(35(43)37(33)45)36(44)39(47)38(46)34(31)42)29-24-11-5-3-9-22(24)28(23-10-4-6-12-25(23)29)19-14-15-21-26-16-13-18-7-1-2-8-20(18)40(26)48-27(21)17-19/h2-6,8-17,41-47H,1,7H2. The number of allylic oxidation sites excluding steroid dienone is 1. The molecule has 0 amide bonds. The molecule has 7 aromatic carbocycles. The Bertz CT molecular complexity index is 2690. The van der Waals surface area contributed by atoms with Crippen molar-refractivity contribution in [1.82, 2.24) is 0 Å². The average molecular weight is 635 g/mol. The van der Waals surface area contributed by atoms with Crippen LogP contribution in [0.4, 0.5) is 0 Å². The smallest absolute Gasteiger partial charge is 0.205 e. The van der Waals surface area contributed by atoms with Crippen LogP contribution in [0.2, 0.25) is 0 Å². The van der Waals surface area contributed by atoms with E-state index in [0.29, 0.717) is 16.3 Å². The summed E-state index contributed by atoms with van der Waals surface area (Å²) in [5.74, 6) is -6.75. The minimum atomic E-state index is -1.09. The van der Waals surface area contributed by atoms with Crippen LogP contribution in [-0.4, -0.2) is 35.7 Å². The molecule has 1 heterocycles. The fourth-order valence-electron chi connectivity index (χ4n) is 7.49. The van der Waals surface area contributed by atoms with Crippen molar-refractivity contribution in [2.45, 2.75) is 12.8 Å². The zero-order valence-electron chi connectivity index (χ0n) is 25.1. The highest BCUT2D eigenvalue weighted by molar-refractivity contribution is 6.26. The molecule has 0 bridgehead atoms. The Kier molecular flexibility index (Phi) is 5.62. The van der Waals surface area contributed by atoms with Gasteiger partial charge in [0.25, 0.3) is 0 Å². The number of hydrogen-bond donors (Lipinski definition) is 7. The first kappa shape index (κ1) is 27.7. The molecule has 9 rings (SSSR count). The van der Waals surface area contributed by atoms with Gasteiger partial charge in [0.2, 0.25) is 17.2 Å². The van der Waals surface area contributed by atoms with Gasteiger partial charge in [-0.1, -0.05) is 78.9 Å². The maximum Gasteiger partial charge on any atom is 0.205 e. The average Bonchev–Trinajstić information content (AvgIpc) is 3.50. The van der Waals surface area contributed by atoms with E-state index in [2.05, 4.69) is 30.4 Å². The van der Waals surface area contributed by atoms with Crippen LogP contribution in [0.25, 0.3) is 82.6 Å². The predicted octanol–water partition coefficient (Wildman–Crippen LogP) is 9.28. The first-order valence-corrected chi connectivity index (χ1v) is 15.4. The lowest BCUT2D eigenvalue weighted by Crippen LogP contribution is -1.93. The number of benzene rings is 7. The lowest BCUT2D eigenvalue weighted by Gasteiger charge is -2.21. The van der Waals surface area contributed by atoms with E-state index in [-0.39, 0.29) is 10.9 Å². The number of furan rings is 1. The molecule has 0 atom stereocenters. The number of fused-ring (bicyclic) bond motifs is 8. The summed E-state index contributed by atoms with van der Waals surface area (Å²) in [7, 11) is 0. The Morgan fingerprint density at radius 2 is 1.04 bits per heavy atom. The van der Waals surface area contributed by atoms with Crippen LogP contribution in [0, 0.1) is 0 Å². The van der Waals surface area contributed by atoms with Gasteiger partial charge < -0.3 is 40.2 Å². The van der Waals surface area contributed by atoms with Gasteiger partial charge in [0.05, 0.1) is 5.39 Å². The Hall–Kier alpha value is -6.54. The summed E-state index contributed by atoms with van der Waals surface area (Å²) in [6, 6.07) is 25.3. The maximum atomic E-state index is 11.4. The van der Waals surface area contributed by atoms with Crippen molar-refractivity contribution in [2.75, 3.05) is 0 Å². The highest BCUT2D eigenvalue weighted by Gasteiger charge is 2.31. The zero-order chi connectivity index (χ0) is 33.0. The lowest BCUT2D eigenvalue weighted by molar-refractivity contribution is 0.347. The molecule has 7 N–H and O–H groups in total. The Balaban J connectivity index is 1.41. The summed E-state index contributed by atoms with van der Waals surface area (Å²) >= 11 is 0. The topological polar surface area (TPSA) is 155 Å². The quantitative estimate of drug-likeness (QED) is 0.0564. The summed E-state index contributed by atoms with van der Waals surface area (Å²) in [5.41, 5.74) is 5.88. The van der Waals surface area contributed by atoms with Gasteiger partial charge in [0.1, 0.15) is 11.2 Å². The number of aromatic hydroxyl groups is 7. The van der Waals surface area contributed by atoms with Gasteiger partial charge in [-0.25, -0.2) is 0 Å². The van der Waals surface area contributed by atoms with Gasteiger partial charge in [-0.2, -0.15) is 0 Å². The molecule has 0 fully saturated rings. The third-order valence-corrected chi connectivity index (χ3v) is 9.67. The minimum Gasteiger partial charge on any atom is -0.504 e. The summed E-state index contributed by atoms with van der Waals surface area (Å²) in [6.07, 6.45) is 6.26. The molecular formula is C40H26O8. The molecule has 0 spiro atoms. The molecule has 0 unspecified atom stereocenters. The van der Waals surface area contributed by atoms with Gasteiger partial charge in [0, 0.05) is 32.8 Å². The van der Waals surface area contributed by atoms with E-state index in [1.54, 1.807) is 0 Å². The second kappa shape index (κ2) is 9.73. The molecule has 234 valence electrons. The summed E-state index contributed by atoms with van der Waals surface area (Å²) < 4.78 is 6.53. The Labute approximate surface area is 271 Å². The second-order valence-electron chi connectivity index (χ2n) is 12.2. The van der Waals surface area contributed by atoms with Crippen molar-refractivity contribution in [3.63, 3.8) is 0 Å². The SMILES string of the molecule is Oc1c(O)c(O)c2c(-c3c4ccccc4c(-c4ccc5c(c4)oc4c6c(ccc45)CCC=C6)c4ccccc34)c(O)c(O)c(O)c2c1O. The van der Waals surface area contributed by atoms with E-state index in [0.717, 1.165) is 62.2 Å². The monoisotopic (exact) mass is 634 g/mol. The zero-order valence-corrected chi connectivity index (χ0v) is 25.1. The minimum absolute atomic E-state index is 0.159. The number of phenols is 7. The van der Waals surface area contributed by atoms with Crippen LogP contribution in [0.15, 0.2) is 89.4 Å². The first-order valence-electron chi connectivity index (χ1n) is 15.4. The van der Waals surface area contributed by atoms with E-state index >= 15 is 0 Å². The third-order valence-electron chi connectivity index (χ3n) is 9.67. The highest BCUT2D eigenvalue weighted by atomic mass is 16.4. The van der Waals surface area contributed by atoms with Crippen molar-refractivity contribution in [3.8, 4) is 62.5 Å².